The molecule has 2 rings (SSSR count). The molecule has 0 amide bonds. The second-order valence-electron chi connectivity index (χ2n) is 5.25. The van der Waals surface area contributed by atoms with Crippen molar-refractivity contribution >= 4 is 22.4 Å². The van der Waals surface area contributed by atoms with Gasteiger partial charge in [-0.2, -0.15) is 13.2 Å². The summed E-state index contributed by atoms with van der Waals surface area (Å²) in [6.07, 6.45) is -3.72. The van der Waals surface area contributed by atoms with E-state index in [9.17, 15) is 26.0 Å². The molecular formula is C13H17ClF4N2O2S. The standard InChI is InChI=1S/C13H16F4N2O2S.ClH/c1-8-11(3-2-6-18-8)19-22(20,21)12-5-4-9(14)7-10(12)13(15,16)17;/h4-5,7-8,11,18-19H,2-3,6H2,1H3;1H. The van der Waals surface area contributed by atoms with Crippen LogP contribution in [0.3, 0.4) is 0 Å². The summed E-state index contributed by atoms with van der Waals surface area (Å²) in [5.74, 6) is -1.14. The second kappa shape index (κ2) is 7.33. The van der Waals surface area contributed by atoms with Gasteiger partial charge in [-0.3, -0.25) is 0 Å². The lowest BCUT2D eigenvalue weighted by Crippen LogP contribution is -2.51. The average molecular weight is 377 g/mol. The Morgan fingerprint density at radius 2 is 1.96 bits per heavy atom. The van der Waals surface area contributed by atoms with Gasteiger partial charge in [0.05, 0.1) is 10.5 Å². The van der Waals surface area contributed by atoms with E-state index in [0.717, 1.165) is 6.54 Å². The quantitative estimate of drug-likeness (QED) is 0.797. The lowest BCUT2D eigenvalue weighted by Gasteiger charge is -2.30. The molecule has 0 spiro atoms. The minimum atomic E-state index is -4.96. The number of halogens is 5. The zero-order valence-corrected chi connectivity index (χ0v) is 13.8. The van der Waals surface area contributed by atoms with Crippen LogP contribution in [0.15, 0.2) is 23.1 Å². The van der Waals surface area contributed by atoms with Crippen molar-refractivity contribution in [2.45, 2.75) is 42.9 Å². The van der Waals surface area contributed by atoms with Gasteiger partial charge in [0.15, 0.2) is 0 Å². The lowest BCUT2D eigenvalue weighted by atomic mass is 10.0. The summed E-state index contributed by atoms with van der Waals surface area (Å²) in [7, 11) is -4.40. The molecule has 0 aromatic heterocycles. The highest BCUT2D eigenvalue weighted by Gasteiger charge is 2.38. The number of nitrogens with one attached hydrogen (secondary N) is 2. The smallest absolute Gasteiger partial charge is 0.313 e. The molecule has 4 nitrogen and oxygen atoms in total. The van der Waals surface area contributed by atoms with Crippen molar-refractivity contribution in [1.29, 1.82) is 0 Å². The van der Waals surface area contributed by atoms with Crippen LogP contribution in [-0.2, 0) is 16.2 Å². The highest BCUT2D eigenvalue weighted by molar-refractivity contribution is 7.89. The molecule has 2 unspecified atom stereocenters. The molecule has 1 saturated heterocycles. The van der Waals surface area contributed by atoms with Crippen molar-refractivity contribution in [3.8, 4) is 0 Å². The Bertz CT molecular complexity index is 652. The highest BCUT2D eigenvalue weighted by atomic mass is 35.5. The molecule has 23 heavy (non-hydrogen) atoms. The topological polar surface area (TPSA) is 58.2 Å². The number of hydrogen-bond acceptors (Lipinski definition) is 3. The molecular weight excluding hydrogens is 360 g/mol. The monoisotopic (exact) mass is 376 g/mol. The van der Waals surface area contributed by atoms with E-state index in [1.165, 1.54) is 0 Å². The minimum absolute atomic E-state index is 0. The van der Waals surface area contributed by atoms with Gasteiger partial charge in [0.2, 0.25) is 10.0 Å². The Kier molecular flexibility index (Phi) is 6.42. The first-order valence-corrected chi connectivity index (χ1v) is 8.22. The van der Waals surface area contributed by atoms with Gasteiger partial charge in [-0.05, 0) is 44.5 Å². The Hall–Kier alpha value is -0.900. The van der Waals surface area contributed by atoms with Crippen LogP contribution in [0.25, 0.3) is 0 Å². The van der Waals surface area contributed by atoms with E-state index in [2.05, 4.69) is 10.0 Å². The summed E-state index contributed by atoms with van der Waals surface area (Å²) in [6, 6.07) is 0.827. The van der Waals surface area contributed by atoms with E-state index in [1.807, 2.05) is 0 Å². The molecule has 10 heteroatoms. The summed E-state index contributed by atoms with van der Waals surface area (Å²) in [5.41, 5.74) is -1.50. The van der Waals surface area contributed by atoms with Gasteiger partial charge in [0.1, 0.15) is 5.82 Å². The molecule has 2 atom stereocenters. The molecule has 0 saturated carbocycles. The molecule has 1 fully saturated rings. The molecule has 132 valence electrons. The van der Waals surface area contributed by atoms with Crippen LogP contribution in [0.4, 0.5) is 17.6 Å². The van der Waals surface area contributed by atoms with Crippen molar-refractivity contribution in [3.05, 3.63) is 29.6 Å². The maximum Gasteiger partial charge on any atom is 0.417 e. The van der Waals surface area contributed by atoms with Gasteiger partial charge in [0.25, 0.3) is 0 Å². The van der Waals surface area contributed by atoms with Crippen LogP contribution < -0.4 is 10.0 Å². The summed E-state index contributed by atoms with van der Waals surface area (Å²) in [6.45, 7) is 2.48. The van der Waals surface area contributed by atoms with Gasteiger partial charge >= 0.3 is 6.18 Å². The van der Waals surface area contributed by atoms with Crippen LogP contribution in [0.5, 0.6) is 0 Å². The number of alkyl halides is 3. The van der Waals surface area contributed by atoms with Crippen LogP contribution in [0.1, 0.15) is 25.3 Å². The van der Waals surface area contributed by atoms with Crippen LogP contribution >= 0.6 is 12.4 Å². The summed E-state index contributed by atoms with van der Waals surface area (Å²) in [5, 5.41) is 3.05. The van der Waals surface area contributed by atoms with Crippen molar-refractivity contribution in [2.24, 2.45) is 0 Å². The van der Waals surface area contributed by atoms with Gasteiger partial charge in [-0.1, -0.05) is 0 Å². The van der Waals surface area contributed by atoms with E-state index < -0.39 is 38.5 Å². The maximum atomic E-state index is 13.1. The number of piperidine rings is 1. The largest absolute Gasteiger partial charge is 0.417 e. The van der Waals surface area contributed by atoms with Crippen molar-refractivity contribution in [2.75, 3.05) is 6.54 Å². The Balaban J connectivity index is 0.00000264. The summed E-state index contributed by atoms with van der Waals surface area (Å²) >= 11 is 0. The third-order valence-corrected chi connectivity index (χ3v) is 5.15. The third-order valence-electron chi connectivity index (χ3n) is 3.60. The maximum absolute atomic E-state index is 13.1. The van der Waals surface area contributed by atoms with Gasteiger partial charge in [-0.25, -0.2) is 17.5 Å². The third kappa shape index (κ3) is 4.79. The first-order valence-electron chi connectivity index (χ1n) is 6.74. The number of benzene rings is 1. The molecule has 2 N–H and O–H groups in total. The Morgan fingerprint density at radius 3 is 2.52 bits per heavy atom. The zero-order valence-electron chi connectivity index (χ0n) is 12.2. The average Bonchev–Trinajstić information content (AvgIpc) is 2.40. The Labute approximate surface area is 138 Å². The van der Waals surface area contributed by atoms with E-state index in [-0.39, 0.29) is 24.5 Å². The van der Waals surface area contributed by atoms with E-state index in [4.69, 9.17) is 0 Å². The summed E-state index contributed by atoms with van der Waals surface area (Å²) < 4.78 is 78.7. The highest BCUT2D eigenvalue weighted by Crippen LogP contribution is 2.34. The number of rotatable bonds is 3. The van der Waals surface area contributed by atoms with Crippen LogP contribution in [-0.4, -0.2) is 27.0 Å². The van der Waals surface area contributed by atoms with Crippen molar-refractivity contribution < 1.29 is 26.0 Å². The summed E-state index contributed by atoms with van der Waals surface area (Å²) in [4.78, 5) is -0.959. The lowest BCUT2D eigenvalue weighted by molar-refractivity contribution is -0.140. The fourth-order valence-corrected chi connectivity index (χ4v) is 3.98. The Morgan fingerprint density at radius 1 is 1.30 bits per heavy atom. The molecule has 1 aromatic rings. The fourth-order valence-electron chi connectivity index (χ4n) is 2.43. The van der Waals surface area contributed by atoms with Crippen molar-refractivity contribution in [3.63, 3.8) is 0 Å². The molecule has 1 aliphatic heterocycles. The minimum Gasteiger partial charge on any atom is -0.313 e. The normalized spacial score (nSPS) is 22.5. The molecule has 0 aliphatic carbocycles. The van der Waals surface area contributed by atoms with Gasteiger partial charge < -0.3 is 5.32 Å². The van der Waals surface area contributed by atoms with Gasteiger partial charge in [-0.15, -0.1) is 12.4 Å². The van der Waals surface area contributed by atoms with E-state index >= 15 is 0 Å². The van der Waals surface area contributed by atoms with Gasteiger partial charge in [0, 0.05) is 12.1 Å². The van der Waals surface area contributed by atoms with E-state index in [1.54, 1.807) is 6.92 Å². The molecule has 0 bridgehead atoms. The van der Waals surface area contributed by atoms with Crippen LogP contribution in [0.2, 0.25) is 0 Å². The molecule has 0 radical (unpaired) electrons. The zero-order chi connectivity index (χ0) is 16.5. The van der Waals surface area contributed by atoms with E-state index in [0.29, 0.717) is 25.0 Å². The number of hydrogen-bond donors (Lipinski definition) is 2. The first-order chi connectivity index (χ1) is 10.1. The fraction of sp³-hybridized carbons (Fsp3) is 0.538. The predicted molar refractivity (Wildman–Crippen MR) is 79.5 cm³/mol. The van der Waals surface area contributed by atoms with Crippen LogP contribution in [0, 0.1) is 5.82 Å². The number of sulfonamides is 1. The molecule has 1 heterocycles. The molecule has 1 aliphatic rings. The van der Waals surface area contributed by atoms with Crippen molar-refractivity contribution in [1.82, 2.24) is 10.0 Å². The molecule has 1 aromatic carbocycles. The second-order valence-corrected chi connectivity index (χ2v) is 6.93. The SMILES string of the molecule is CC1NCCCC1NS(=O)(=O)c1ccc(F)cc1C(F)(F)F.Cl. The predicted octanol–water partition coefficient (Wildman–Crippen LogP) is 2.69. The first kappa shape index (κ1) is 20.1.